The summed E-state index contributed by atoms with van der Waals surface area (Å²) in [5.74, 6) is 0. The number of nitrogens with zero attached hydrogens (tertiary/aromatic N) is 2. The molecule has 1 aromatic heterocycles. The van der Waals surface area contributed by atoms with Gasteiger partial charge in [-0.25, -0.2) is 4.98 Å². The SMILES string of the molecule is CC[C@@H](N)c1cncn1-c1ccc(C)c(C)c1. The zero-order chi connectivity index (χ0) is 12.4. The van der Waals surface area contributed by atoms with E-state index in [1.165, 1.54) is 11.1 Å². The number of rotatable bonds is 3. The van der Waals surface area contributed by atoms with Gasteiger partial charge < -0.3 is 10.3 Å². The Morgan fingerprint density at radius 2 is 2.06 bits per heavy atom. The van der Waals surface area contributed by atoms with Crippen LogP contribution in [-0.2, 0) is 0 Å². The lowest BCUT2D eigenvalue weighted by atomic mass is 10.1. The van der Waals surface area contributed by atoms with Crippen LogP contribution >= 0.6 is 0 Å². The summed E-state index contributed by atoms with van der Waals surface area (Å²) in [6.07, 6.45) is 4.59. The average Bonchev–Trinajstić information content (AvgIpc) is 2.80. The molecule has 0 aliphatic rings. The standard InChI is InChI=1S/C14H19N3/c1-4-13(15)14-8-16-9-17(14)12-6-5-10(2)11(3)7-12/h5-9,13H,4,15H2,1-3H3/t13-/m1/s1. The normalized spacial score (nSPS) is 12.7. The Labute approximate surface area is 102 Å². The maximum Gasteiger partial charge on any atom is 0.0994 e. The predicted molar refractivity (Wildman–Crippen MR) is 70.3 cm³/mol. The van der Waals surface area contributed by atoms with Gasteiger partial charge in [-0.3, -0.25) is 0 Å². The molecule has 2 N–H and O–H groups in total. The molecule has 0 saturated carbocycles. The fourth-order valence-corrected chi connectivity index (χ4v) is 1.88. The van der Waals surface area contributed by atoms with Gasteiger partial charge in [0.1, 0.15) is 0 Å². The molecular weight excluding hydrogens is 210 g/mol. The molecule has 2 aromatic rings. The summed E-state index contributed by atoms with van der Waals surface area (Å²) in [6, 6.07) is 6.45. The van der Waals surface area contributed by atoms with Crippen LogP contribution in [0, 0.1) is 13.8 Å². The van der Waals surface area contributed by atoms with E-state index in [2.05, 4.69) is 48.5 Å². The summed E-state index contributed by atoms with van der Waals surface area (Å²) in [6.45, 7) is 6.32. The molecule has 0 fully saturated rings. The van der Waals surface area contributed by atoms with E-state index in [1.54, 1.807) is 0 Å². The average molecular weight is 229 g/mol. The summed E-state index contributed by atoms with van der Waals surface area (Å²) in [7, 11) is 0. The van der Waals surface area contributed by atoms with Crippen molar-refractivity contribution in [2.75, 3.05) is 0 Å². The Hall–Kier alpha value is -1.61. The molecule has 0 radical (unpaired) electrons. The van der Waals surface area contributed by atoms with Gasteiger partial charge in [0.15, 0.2) is 0 Å². The number of benzene rings is 1. The highest BCUT2D eigenvalue weighted by atomic mass is 15.1. The lowest BCUT2D eigenvalue weighted by Crippen LogP contribution is -2.13. The van der Waals surface area contributed by atoms with Crippen LogP contribution in [0.5, 0.6) is 0 Å². The van der Waals surface area contributed by atoms with Crippen molar-refractivity contribution in [3.8, 4) is 5.69 Å². The molecule has 0 aliphatic carbocycles. The van der Waals surface area contributed by atoms with Crippen LogP contribution in [0.4, 0.5) is 0 Å². The quantitative estimate of drug-likeness (QED) is 0.879. The van der Waals surface area contributed by atoms with Crippen LogP contribution in [-0.4, -0.2) is 9.55 Å². The van der Waals surface area contributed by atoms with Gasteiger partial charge in [0.2, 0.25) is 0 Å². The molecule has 1 atom stereocenters. The van der Waals surface area contributed by atoms with E-state index in [0.29, 0.717) is 0 Å². The number of aromatic nitrogens is 2. The molecule has 2 rings (SSSR count). The summed E-state index contributed by atoms with van der Waals surface area (Å²) in [5.41, 5.74) is 10.9. The van der Waals surface area contributed by atoms with Crippen LogP contribution in [0.25, 0.3) is 5.69 Å². The molecule has 0 saturated heterocycles. The van der Waals surface area contributed by atoms with E-state index >= 15 is 0 Å². The number of hydrogen-bond acceptors (Lipinski definition) is 2. The van der Waals surface area contributed by atoms with Gasteiger partial charge in [0.05, 0.1) is 18.2 Å². The first-order valence-corrected chi connectivity index (χ1v) is 5.99. The summed E-state index contributed by atoms with van der Waals surface area (Å²) < 4.78 is 2.07. The molecule has 1 heterocycles. The second-order valence-electron chi connectivity index (χ2n) is 4.47. The van der Waals surface area contributed by atoms with E-state index in [0.717, 1.165) is 17.8 Å². The first-order chi connectivity index (χ1) is 8.13. The summed E-state index contributed by atoms with van der Waals surface area (Å²) >= 11 is 0. The van der Waals surface area contributed by atoms with E-state index < -0.39 is 0 Å². The zero-order valence-corrected chi connectivity index (χ0v) is 10.6. The molecule has 90 valence electrons. The smallest absolute Gasteiger partial charge is 0.0994 e. The topological polar surface area (TPSA) is 43.8 Å². The number of hydrogen-bond donors (Lipinski definition) is 1. The fraction of sp³-hybridized carbons (Fsp3) is 0.357. The number of aryl methyl sites for hydroxylation is 2. The van der Waals surface area contributed by atoms with Crippen molar-refractivity contribution in [3.05, 3.63) is 47.5 Å². The summed E-state index contributed by atoms with van der Waals surface area (Å²) in [5, 5.41) is 0. The minimum absolute atomic E-state index is 0.0408. The van der Waals surface area contributed by atoms with Gasteiger partial charge in [-0.2, -0.15) is 0 Å². The van der Waals surface area contributed by atoms with Gasteiger partial charge in [-0.15, -0.1) is 0 Å². The van der Waals surface area contributed by atoms with Gasteiger partial charge in [0.25, 0.3) is 0 Å². The maximum atomic E-state index is 6.08. The van der Waals surface area contributed by atoms with Gasteiger partial charge in [-0.05, 0) is 43.5 Å². The lowest BCUT2D eigenvalue weighted by molar-refractivity contribution is 0.659. The third-order valence-electron chi connectivity index (χ3n) is 3.26. The predicted octanol–water partition coefficient (Wildman–Crippen LogP) is 2.90. The van der Waals surface area contributed by atoms with Crippen molar-refractivity contribution < 1.29 is 0 Å². The van der Waals surface area contributed by atoms with Crippen molar-refractivity contribution in [1.82, 2.24) is 9.55 Å². The van der Waals surface area contributed by atoms with Crippen LogP contribution in [0.3, 0.4) is 0 Å². The highest BCUT2D eigenvalue weighted by molar-refractivity contribution is 5.41. The number of nitrogens with two attached hydrogens (primary N) is 1. The monoisotopic (exact) mass is 229 g/mol. The molecule has 17 heavy (non-hydrogen) atoms. The lowest BCUT2D eigenvalue weighted by Gasteiger charge is -2.14. The van der Waals surface area contributed by atoms with Gasteiger partial charge in [0, 0.05) is 11.7 Å². The second kappa shape index (κ2) is 4.72. The van der Waals surface area contributed by atoms with Crippen LogP contribution in [0.1, 0.15) is 36.2 Å². The van der Waals surface area contributed by atoms with Crippen LogP contribution in [0.2, 0.25) is 0 Å². The molecule has 0 unspecified atom stereocenters. The highest BCUT2D eigenvalue weighted by Crippen LogP contribution is 2.20. The first kappa shape index (κ1) is 11.9. The van der Waals surface area contributed by atoms with Gasteiger partial charge >= 0.3 is 0 Å². The summed E-state index contributed by atoms with van der Waals surface area (Å²) in [4.78, 5) is 4.20. The highest BCUT2D eigenvalue weighted by Gasteiger charge is 2.11. The van der Waals surface area contributed by atoms with Crippen LogP contribution in [0.15, 0.2) is 30.7 Å². The molecule has 0 spiro atoms. The molecule has 3 nitrogen and oxygen atoms in total. The molecule has 1 aromatic carbocycles. The molecule has 0 bridgehead atoms. The minimum Gasteiger partial charge on any atom is -0.323 e. The van der Waals surface area contributed by atoms with Crippen molar-refractivity contribution in [2.24, 2.45) is 5.73 Å². The Bertz CT molecular complexity index is 514. The van der Waals surface area contributed by atoms with Crippen molar-refractivity contribution >= 4 is 0 Å². The largest absolute Gasteiger partial charge is 0.323 e. The van der Waals surface area contributed by atoms with E-state index in [9.17, 15) is 0 Å². The Kier molecular flexibility index (Phi) is 3.29. The van der Waals surface area contributed by atoms with E-state index in [1.807, 2.05) is 12.5 Å². The third-order valence-corrected chi connectivity index (χ3v) is 3.26. The minimum atomic E-state index is 0.0408. The van der Waals surface area contributed by atoms with E-state index in [4.69, 9.17) is 5.73 Å². The Balaban J connectivity index is 2.46. The van der Waals surface area contributed by atoms with Gasteiger partial charge in [-0.1, -0.05) is 13.0 Å². The van der Waals surface area contributed by atoms with Crippen LogP contribution < -0.4 is 5.73 Å². The molecule has 0 amide bonds. The second-order valence-corrected chi connectivity index (χ2v) is 4.47. The Morgan fingerprint density at radius 1 is 1.29 bits per heavy atom. The van der Waals surface area contributed by atoms with Crippen molar-refractivity contribution in [1.29, 1.82) is 0 Å². The van der Waals surface area contributed by atoms with Crippen molar-refractivity contribution in [3.63, 3.8) is 0 Å². The first-order valence-electron chi connectivity index (χ1n) is 5.99. The fourth-order valence-electron chi connectivity index (χ4n) is 1.88. The number of imidazole rings is 1. The van der Waals surface area contributed by atoms with Crippen molar-refractivity contribution in [2.45, 2.75) is 33.2 Å². The third kappa shape index (κ3) is 2.24. The molecular formula is C14H19N3. The maximum absolute atomic E-state index is 6.08. The zero-order valence-electron chi connectivity index (χ0n) is 10.6. The van der Waals surface area contributed by atoms with E-state index in [-0.39, 0.29) is 6.04 Å². The molecule has 0 aliphatic heterocycles. The molecule has 3 heteroatoms. The Morgan fingerprint density at radius 3 is 2.71 bits per heavy atom.